The Labute approximate surface area is 208 Å². The summed E-state index contributed by atoms with van der Waals surface area (Å²) in [5, 5.41) is 61.4. The number of carbonyl (C=O) groups is 2. The number of aliphatic carboxylic acids is 1. The first-order valence-electron chi connectivity index (χ1n) is 13.2. The minimum atomic E-state index is -2.80. The number of ether oxygens (including phenoxy) is 1. The lowest BCUT2D eigenvalue weighted by Gasteiger charge is -2.44. The maximum absolute atomic E-state index is 12.4. The average Bonchev–Trinajstić information content (AvgIpc) is 2.82. The predicted octanol–water partition coefficient (Wildman–Crippen LogP) is 1.59. The maximum Gasteiger partial charge on any atom is 0.364 e. The van der Waals surface area contributed by atoms with Gasteiger partial charge in [-0.1, -0.05) is 84.0 Å². The first kappa shape index (κ1) is 31.7. The lowest BCUT2D eigenvalue weighted by molar-refractivity contribution is -0.295. The number of hydrogen-bond acceptors (Lipinski definition) is 8. The van der Waals surface area contributed by atoms with Crippen LogP contribution in [0.4, 0.5) is 0 Å². The number of hydrogen-bond donors (Lipinski definition) is 7. The molecule has 1 heterocycles. The zero-order valence-electron chi connectivity index (χ0n) is 21.1. The monoisotopic (exact) mass is 505 g/mol. The lowest BCUT2D eigenvalue weighted by atomic mass is 9.88. The summed E-state index contributed by atoms with van der Waals surface area (Å²) in [6.45, 7) is 1.36. The molecule has 0 aromatic heterocycles. The fraction of sp³-hybridized carbons (Fsp3) is 0.920. The highest BCUT2D eigenvalue weighted by molar-refractivity contribution is 5.77. The average molecular weight is 506 g/mol. The summed E-state index contributed by atoms with van der Waals surface area (Å²) in [5.41, 5.74) is 0. The Kier molecular flexibility index (Phi) is 15.6. The van der Waals surface area contributed by atoms with Crippen LogP contribution in [0.5, 0.6) is 0 Å². The van der Waals surface area contributed by atoms with E-state index in [1.54, 1.807) is 0 Å². The van der Waals surface area contributed by atoms with Crippen molar-refractivity contribution in [3.05, 3.63) is 0 Å². The summed E-state index contributed by atoms with van der Waals surface area (Å²) < 4.78 is 5.09. The largest absolute Gasteiger partial charge is 0.477 e. The van der Waals surface area contributed by atoms with Gasteiger partial charge in [0.05, 0.1) is 18.8 Å². The second kappa shape index (κ2) is 17.2. The number of aliphatic hydroxyl groups is 5. The third-order valence-electron chi connectivity index (χ3n) is 6.67. The lowest BCUT2D eigenvalue weighted by Crippen LogP contribution is -2.67. The first-order chi connectivity index (χ1) is 16.7. The van der Waals surface area contributed by atoms with E-state index in [2.05, 4.69) is 12.2 Å². The maximum atomic E-state index is 12.4. The van der Waals surface area contributed by atoms with Crippen molar-refractivity contribution in [2.45, 2.75) is 139 Å². The SMILES string of the molecule is CCCCCCCCCCCCCCCC(=O)N[C@H]1[C@H]([C@H](O)[C@H](O)CO)O[C@](O)(C(=O)O)C[C@@H]1O. The van der Waals surface area contributed by atoms with E-state index in [9.17, 15) is 35.1 Å². The van der Waals surface area contributed by atoms with E-state index >= 15 is 0 Å². The van der Waals surface area contributed by atoms with Crippen molar-refractivity contribution in [3.63, 3.8) is 0 Å². The second-order valence-corrected chi connectivity index (χ2v) is 9.77. The summed E-state index contributed by atoms with van der Waals surface area (Å²) >= 11 is 0. The summed E-state index contributed by atoms with van der Waals surface area (Å²) in [7, 11) is 0. The molecule has 206 valence electrons. The quantitative estimate of drug-likeness (QED) is 0.128. The number of rotatable bonds is 19. The van der Waals surface area contributed by atoms with Gasteiger partial charge in [0, 0.05) is 12.8 Å². The van der Waals surface area contributed by atoms with Gasteiger partial charge >= 0.3 is 5.97 Å². The van der Waals surface area contributed by atoms with Crippen LogP contribution in [0.2, 0.25) is 0 Å². The van der Waals surface area contributed by atoms with Gasteiger partial charge in [0.25, 0.3) is 5.79 Å². The molecule has 1 fully saturated rings. The molecule has 0 aromatic rings. The molecular formula is C25H47NO9. The Morgan fingerprint density at radius 2 is 1.43 bits per heavy atom. The standard InChI is InChI=1S/C25H47NO9/c1-2-3-4-5-6-7-8-9-10-11-12-13-14-15-20(30)26-21-18(28)16-25(34,24(32)33)35-23(21)22(31)19(29)17-27/h18-19,21-23,27-29,31,34H,2-17H2,1H3,(H,26,30)(H,32,33)/t18-,19+,21+,22+,23+,25-/m0/s1. The van der Waals surface area contributed by atoms with Crippen LogP contribution in [0.25, 0.3) is 0 Å². The molecule has 0 aliphatic carbocycles. The number of aliphatic hydroxyl groups excluding tert-OH is 4. The van der Waals surface area contributed by atoms with Crippen LogP contribution in [0.3, 0.4) is 0 Å². The van der Waals surface area contributed by atoms with E-state index in [0.717, 1.165) is 19.3 Å². The number of unbranched alkanes of at least 4 members (excludes halogenated alkanes) is 12. The Morgan fingerprint density at radius 3 is 1.89 bits per heavy atom. The van der Waals surface area contributed by atoms with Gasteiger partial charge in [0.2, 0.25) is 5.91 Å². The van der Waals surface area contributed by atoms with Crippen molar-refractivity contribution in [1.82, 2.24) is 5.32 Å². The van der Waals surface area contributed by atoms with Crippen LogP contribution in [0, 0.1) is 0 Å². The van der Waals surface area contributed by atoms with E-state index in [0.29, 0.717) is 6.42 Å². The van der Waals surface area contributed by atoms with E-state index in [1.807, 2.05) is 0 Å². The fourth-order valence-corrected chi connectivity index (χ4v) is 4.46. The van der Waals surface area contributed by atoms with Crippen LogP contribution < -0.4 is 5.32 Å². The smallest absolute Gasteiger partial charge is 0.364 e. The molecule has 0 unspecified atom stereocenters. The second-order valence-electron chi connectivity index (χ2n) is 9.77. The summed E-state index contributed by atoms with van der Waals surface area (Å²) in [5.74, 6) is -4.99. The minimum Gasteiger partial charge on any atom is -0.477 e. The van der Waals surface area contributed by atoms with Crippen molar-refractivity contribution in [2.24, 2.45) is 0 Å². The van der Waals surface area contributed by atoms with E-state index in [4.69, 9.17) is 9.84 Å². The van der Waals surface area contributed by atoms with Crippen molar-refractivity contribution in [2.75, 3.05) is 6.61 Å². The first-order valence-corrected chi connectivity index (χ1v) is 13.2. The van der Waals surface area contributed by atoms with Crippen LogP contribution in [-0.4, -0.2) is 85.4 Å². The molecule has 1 amide bonds. The van der Waals surface area contributed by atoms with Gasteiger partial charge in [-0.2, -0.15) is 0 Å². The van der Waals surface area contributed by atoms with Gasteiger partial charge in [-0.25, -0.2) is 4.79 Å². The molecule has 6 atom stereocenters. The zero-order valence-corrected chi connectivity index (χ0v) is 21.1. The molecule has 0 spiro atoms. The molecule has 0 bridgehead atoms. The van der Waals surface area contributed by atoms with Gasteiger partial charge in [-0.15, -0.1) is 0 Å². The molecule has 0 saturated carbocycles. The third kappa shape index (κ3) is 11.5. The Morgan fingerprint density at radius 1 is 0.943 bits per heavy atom. The number of carboxylic acids is 1. The minimum absolute atomic E-state index is 0.176. The van der Waals surface area contributed by atoms with Gasteiger partial charge in [0.1, 0.15) is 18.3 Å². The zero-order chi connectivity index (χ0) is 26.3. The molecule has 1 rings (SSSR count). The van der Waals surface area contributed by atoms with Gasteiger partial charge in [-0.3, -0.25) is 4.79 Å². The van der Waals surface area contributed by atoms with Crippen LogP contribution in [-0.2, 0) is 14.3 Å². The molecule has 10 nitrogen and oxygen atoms in total. The molecule has 10 heteroatoms. The van der Waals surface area contributed by atoms with E-state index < -0.39 is 61.1 Å². The molecule has 7 N–H and O–H groups in total. The number of carbonyl (C=O) groups excluding carboxylic acids is 1. The van der Waals surface area contributed by atoms with E-state index in [-0.39, 0.29) is 6.42 Å². The highest BCUT2D eigenvalue weighted by Gasteiger charge is 2.53. The van der Waals surface area contributed by atoms with Crippen molar-refractivity contribution in [1.29, 1.82) is 0 Å². The molecule has 35 heavy (non-hydrogen) atoms. The number of amides is 1. The molecule has 0 aromatic carbocycles. The molecule has 1 aliphatic heterocycles. The molecule has 1 aliphatic rings. The Bertz CT molecular complexity index is 605. The van der Waals surface area contributed by atoms with Gasteiger partial charge < -0.3 is 40.7 Å². The normalized spacial score (nSPS) is 26.3. The molecule has 1 saturated heterocycles. The van der Waals surface area contributed by atoms with Crippen molar-refractivity contribution < 1.29 is 45.0 Å². The highest BCUT2D eigenvalue weighted by Crippen LogP contribution is 2.30. The van der Waals surface area contributed by atoms with Gasteiger partial charge in [0.15, 0.2) is 0 Å². The van der Waals surface area contributed by atoms with Crippen LogP contribution in [0.1, 0.15) is 103 Å². The molecular weight excluding hydrogens is 458 g/mol. The van der Waals surface area contributed by atoms with Crippen LogP contribution >= 0.6 is 0 Å². The molecule has 0 radical (unpaired) electrons. The van der Waals surface area contributed by atoms with Crippen molar-refractivity contribution >= 4 is 11.9 Å². The Hall–Kier alpha value is -1.30. The summed E-state index contributed by atoms with van der Waals surface area (Å²) in [4.78, 5) is 23.8. The van der Waals surface area contributed by atoms with Gasteiger partial charge in [-0.05, 0) is 6.42 Å². The topological polar surface area (TPSA) is 177 Å². The Balaban J connectivity index is 2.34. The summed E-state index contributed by atoms with van der Waals surface area (Å²) in [6, 6.07) is -1.26. The number of nitrogens with one attached hydrogen (secondary N) is 1. The third-order valence-corrected chi connectivity index (χ3v) is 6.67. The highest BCUT2D eigenvalue weighted by atomic mass is 16.7. The number of carboxylic acid groups (broad SMARTS) is 1. The van der Waals surface area contributed by atoms with Crippen molar-refractivity contribution in [3.8, 4) is 0 Å². The predicted molar refractivity (Wildman–Crippen MR) is 129 cm³/mol. The summed E-state index contributed by atoms with van der Waals surface area (Å²) in [6.07, 6.45) is 7.94. The van der Waals surface area contributed by atoms with E-state index in [1.165, 1.54) is 57.8 Å². The fourth-order valence-electron chi connectivity index (χ4n) is 4.46. The van der Waals surface area contributed by atoms with Crippen LogP contribution in [0.15, 0.2) is 0 Å².